The van der Waals surface area contributed by atoms with E-state index in [1.54, 1.807) is 6.07 Å². The number of para-hydroxylation sites is 1. The van der Waals surface area contributed by atoms with Gasteiger partial charge < -0.3 is 5.32 Å². The number of benzene rings is 2. The Kier molecular flexibility index (Phi) is 3.00. The van der Waals surface area contributed by atoms with Gasteiger partial charge in [0.1, 0.15) is 5.82 Å². The Morgan fingerprint density at radius 1 is 1.05 bits per heavy atom. The molecule has 0 saturated heterocycles. The number of rotatable bonds is 1. The Morgan fingerprint density at radius 3 is 2.71 bits per heavy atom. The first-order chi connectivity index (χ1) is 10.3. The van der Waals surface area contributed by atoms with Crippen molar-refractivity contribution < 1.29 is 4.39 Å². The summed E-state index contributed by atoms with van der Waals surface area (Å²) in [5, 5.41) is 4.13. The second-order valence-electron chi connectivity index (χ2n) is 5.70. The van der Waals surface area contributed by atoms with Gasteiger partial charge in [-0.25, -0.2) is 4.39 Å². The van der Waals surface area contributed by atoms with Crippen molar-refractivity contribution in [2.24, 2.45) is 5.92 Å². The van der Waals surface area contributed by atoms with Crippen LogP contribution in [-0.2, 0) is 0 Å². The largest absolute Gasteiger partial charge is 0.375 e. The number of allylic oxidation sites excluding steroid dienone is 2. The highest BCUT2D eigenvalue weighted by atomic mass is 35.5. The summed E-state index contributed by atoms with van der Waals surface area (Å²) in [6.07, 6.45) is 5.39. The second-order valence-corrected chi connectivity index (χ2v) is 6.11. The van der Waals surface area contributed by atoms with Gasteiger partial charge in [0.2, 0.25) is 0 Å². The molecule has 4 rings (SSSR count). The van der Waals surface area contributed by atoms with Crippen molar-refractivity contribution in [3.8, 4) is 0 Å². The average Bonchev–Trinajstić information content (AvgIpc) is 2.97. The zero-order valence-corrected chi connectivity index (χ0v) is 12.1. The summed E-state index contributed by atoms with van der Waals surface area (Å²) in [7, 11) is 0. The fourth-order valence-corrected chi connectivity index (χ4v) is 3.87. The molecule has 1 N–H and O–H groups in total. The molecule has 1 nitrogen and oxygen atoms in total. The van der Waals surface area contributed by atoms with E-state index in [-0.39, 0.29) is 17.8 Å². The van der Waals surface area contributed by atoms with E-state index in [0.29, 0.717) is 11.6 Å². The smallest absolute Gasteiger partial charge is 0.146 e. The van der Waals surface area contributed by atoms with Crippen LogP contribution in [0.25, 0.3) is 0 Å². The minimum atomic E-state index is -0.191. The van der Waals surface area contributed by atoms with Gasteiger partial charge in [-0.3, -0.25) is 0 Å². The SMILES string of the molecule is Fc1cccc2c1N[C@H](c1ccccc1Cl)[C@@H]1CC=C[C@@H]21. The van der Waals surface area contributed by atoms with Crippen molar-refractivity contribution in [1.29, 1.82) is 0 Å². The molecule has 3 heteroatoms. The summed E-state index contributed by atoms with van der Waals surface area (Å²) in [6, 6.07) is 13.2. The molecule has 1 heterocycles. The van der Waals surface area contributed by atoms with Crippen molar-refractivity contribution in [3.05, 3.63) is 76.6 Å². The van der Waals surface area contributed by atoms with Gasteiger partial charge in [-0.1, -0.05) is 54.1 Å². The van der Waals surface area contributed by atoms with Crippen LogP contribution >= 0.6 is 11.6 Å². The molecule has 0 spiro atoms. The standard InChI is InChI=1S/C18H15ClFN/c19-15-9-2-1-5-14(15)17-12-7-3-6-11(12)13-8-4-10-16(20)18(13)21-17/h1-6,8-12,17,21H,7H2/t11-,12-,17+/m1/s1. The van der Waals surface area contributed by atoms with Crippen LogP contribution in [0.15, 0.2) is 54.6 Å². The van der Waals surface area contributed by atoms with Gasteiger partial charge in [-0.2, -0.15) is 0 Å². The third-order valence-corrected chi connectivity index (χ3v) is 4.93. The predicted molar refractivity (Wildman–Crippen MR) is 84.2 cm³/mol. The zero-order valence-electron chi connectivity index (χ0n) is 11.4. The molecule has 0 unspecified atom stereocenters. The first-order valence-corrected chi connectivity index (χ1v) is 7.59. The number of halogens is 2. The molecule has 0 radical (unpaired) electrons. The van der Waals surface area contributed by atoms with E-state index in [9.17, 15) is 4.39 Å². The van der Waals surface area contributed by atoms with E-state index in [4.69, 9.17) is 11.6 Å². The zero-order chi connectivity index (χ0) is 14.4. The molecule has 0 saturated carbocycles. The lowest BCUT2D eigenvalue weighted by Gasteiger charge is -2.37. The first-order valence-electron chi connectivity index (χ1n) is 7.22. The molecule has 1 aliphatic heterocycles. The molecule has 21 heavy (non-hydrogen) atoms. The van der Waals surface area contributed by atoms with E-state index in [0.717, 1.165) is 22.6 Å². The van der Waals surface area contributed by atoms with Gasteiger partial charge in [-0.15, -0.1) is 0 Å². The molecular formula is C18H15ClFN. The van der Waals surface area contributed by atoms with Crippen molar-refractivity contribution in [2.75, 3.05) is 5.32 Å². The van der Waals surface area contributed by atoms with Gasteiger partial charge in [-0.05, 0) is 35.6 Å². The van der Waals surface area contributed by atoms with E-state index in [1.165, 1.54) is 6.07 Å². The van der Waals surface area contributed by atoms with Gasteiger partial charge in [0.25, 0.3) is 0 Å². The van der Waals surface area contributed by atoms with Crippen LogP contribution < -0.4 is 5.32 Å². The number of fused-ring (bicyclic) bond motifs is 3. The fraction of sp³-hybridized carbons (Fsp3) is 0.222. The normalized spacial score (nSPS) is 26.1. The van der Waals surface area contributed by atoms with Crippen molar-refractivity contribution in [3.63, 3.8) is 0 Å². The van der Waals surface area contributed by atoms with Crippen LogP contribution in [0.4, 0.5) is 10.1 Å². The van der Waals surface area contributed by atoms with E-state index < -0.39 is 0 Å². The molecule has 0 bridgehead atoms. The summed E-state index contributed by atoms with van der Waals surface area (Å²) in [6.45, 7) is 0. The molecule has 0 aromatic heterocycles. The number of hydrogen-bond acceptors (Lipinski definition) is 1. The second kappa shape index (κ2) is 4.88. The Hall–Kier alpha value is -1.80. The Morgan fingerprint density at radius 2 is 1.86 bits per heavy atom. The van der Waals surface area contributed by atoms with E-state index >= 15 is 0 Å². The molecule has 1 aliphatic carbocycles. The summed E-state index contributed by atoms with van der Waals surface area (Å²) >= 11 is 6.36. The minimum absolute atomic E-state index is 0.0445. The third kappa shape index (κ3) is 1.97. The van der Waals surface area contributed by atoms with Crippen LogP contribution in [0.5, 0.6) is 0 Å². The molecule has 0 amide bonds. The number of anilines is 1. The molecule has 0 fully saturated rings. The van der Waals surface area contributed by atoms with Gasteiger partial charge in [0.15, 0.2) is 0 Å². The van der Waals surface area contributed by atoms with Crippen LogP contribution in [0.2, 0.25) is 5.02 Å². The van der Waals surface area contributed by atoms with Crippen molar-refractivity contribution in [2.45, 2.75) is 18.4 Å². The summed E-state index contributed by atoms with van der Waals surface area (Å²) in [5.41, 5.74) is 2.72. The lowest BCUT2D eigenvalue weighted by atomic mass is 9.77. The van der Waals surface area contributed by atoms with Crippen molar-refractivity contribution in [1.82, 2.24) is 0 Å². The highest BCUT2D eigenvalue weighted by Gasteiger charge is 2.39. The molecule has 2 aliphatic rings. The third-order valence-electron chi connectivity index (χ3n) is 4.59. The Bertz CT molecular complexity index is 725. The predicted octanol–water partition coefficient (Wildman–Crippen LogP) is 5.31. The Balaban J connectivity index is 1.85. The maximum atomic E-state index is 14.2. The van der Waals surface area contributed by atoms with Crippen LogP contribution in [-0.4, -0.2) is 0 Å². The highest BCUT2D eigenvalue weighted by molar-refractivity contribution is 6.31. The fourth-order valence-electron chi connectivity index (χ4n) is 3.62. The number of nitrogens with one attached hydrogen (secondary N) is 1. The van der Waals surface area contributed by atoms with Gasteiger partial charge >= 0.3 is 0 Å². The minimum Gasteiger partial charge on any atom is -0.375 e. The maximum Gasteiger partial charge on any atom is 0.146 e. The average molecular weight is 300 g/mol. The lowest BCUT2D eigenvalue weighted by Crippen LogP contribution is -2.29. The maximum absolute atomic E-state index is 14.2. The monoisotopic (exact) mass is 299 g/mol. The lowest BCUT2D eigenvalue weighted by molar-refractivity contribution is 0.421. The van der Waals surface area contributed by atoms with Crippen LogP contribution in [0, 0.1) is 11.7 Å². The quantitative estimate of drug-likeness (QED) is 0.704. The molecule has 3 atom stereocenters. The first kappa shape index (κ1) is 12.9. The number of hydrogen-bond donors (Lipinski definition) is 1. The summed E-state index contributed by atoms with van der Waals surface area (Å²) in [5.74, 6) is 0.459. The molecule has 106 valence electrons. The van der Waals surface area contributed by atoms with E-state index in [1.807, 2.05) is 30.3 Å². The highest BCUT2D eigenvalue weighted by Crippen LogP contribution is 2.51. The van der Waals surface area contributed by atoms with Crippen LogP contribution in [0.1, 0.15) is 29.5 Å². The van der Waals surface area contributed by atoms with Crippen molar-refractivity contribution >= 4 is 17.3 Å². The summed E-state index contributed by atoms with van der Waals surface area (Å²) < 4.78 is 14.2. The molecule has 2 aromatic carbocycles. The topological polar surface area (TPSA) is 12.0 Å². The van der Waals surface area contributed by atoms with Gasteiger partial charge in [0, 0.05) is 10.9 Å². The van der Waals surface area contributed by atoms with Gasteiger partial charge in [0.05, 0.1) is 11.7 Å². The Labute approximate surface area is 128 Å². The molecular weight excluding hydrogens is 285 g/mol. The summed E-state index contributed by atoms with van der Waals surface area (Å²) in [4.78, 5) is 0. The van der Waals surface area contributed by atoms with Crippen LogP contribution in [0.3, 0.4) is 0 Å². The molecule has 2 aromatic rings. The van der Waals surface area contributed by atoms with E-state index in [2.05, 4.69) is 17.5 Å².